The van der Waals surface area contributed by atoms with Crippen LogP contribution in [0.3, 0.4) is 0 Å². The van der Waals surface area contributed by atoms with Crippen molar-refractivity contribution in [1.29, 1.82) is 0 Å². The number of aromatic hydroxyl groups is 1. The van der Waals surface area contributed by atoms with Crippen LogP contribution in [-0.2, 0) is 11.2 Å². The van der Waals surface area contributed by atoms with Gasteiger partial charge in [0.05, 0.1) is 6.61 Å². The van der Waals surface area contributed by atoms with Crippen LogP contribution in [0, 0.1) is 0 Å². The van der Waals surface area contributed by atoms with Gasteiger partial charge in [-0.05, 0) is 18.6 Å². The molecule has 1 aromatic rings. The molecule has 1 aromatic carbocycles. The molecule has 2 N–H and O–H groups in total. The minimum absolute atomic E-state index is 0. The summed E-state index contributed by atoms with van der Waals surface area (Å²) in [6.45, 7) is 3.63. The molecule has 1 heterocycles. The Hall–Kier alpha value is -0.770. The molecular weight excluding hydrogens is 214 g/mol. The van der Waals surface area contributed by atoms with Crippen molar-refractivity contribution in [3.05, 3.63) is 29.8 Å². The minimum Gasteiger partial charge on any atom is -0.508 e. The fourth-order valence-electron chi connectivity index (χ4n) is 1.78. The molecule has 4 heteroatoms. The molecule has 84 valence electrons. The average Bonchev–Trinajstić information content (AvgIpc) is 2.57. The molecular formula is C11H16ClNO2. The second kappa shape index (κ2) is 4.84. The van der Waals surface area contributed by atoms with Gasteiger partial charge in [0.1, 0.15) is 11.5 Å². The van der Waals surface area contributed by atoms with Crippen LogP contribution < -0.4 is 5.32 Å². The molecule has 1 atom stereocenters. The van der Waals surface area contributed by atoms with E-state index >= 15 is 0 Å². The van der Waals surface area contributed by atoms with Crippen molar-refractivity contribution in [1.82, 2.24) is 5.32 Å². The van der Waals surface area contributed by atoms with E-state index in [1.807, 2.05) is 25.1 Å². The van der Waals surface area contributed by atoms with Gasteiger partial charge in [-0.2, -0.15) is 0 Å². The summed E-state index contributed by atoms with van der Waals surface area (Å²) < 4.78 is 5.58. The summed E-state index contributed by atoms with van der Waals surface area (Å²) in [6.07, 6.45) is 0.694. The van der Waals surface area contributed by atoms with E-state index in [0.29, 0.717) is 12.2 Å². The largest absolute Gasteiger partial charge is 0.508 e. The summed E-state index contributed by atoms with van der Waals surface area (Å²) in [5, 5.41) is 12.9. The van der Waals surface area contributed by atoms with Gasteiger partial charge in [0, 0.05) is 13.0 Å². The number of benzene rings is 1. The maximum Gasteiger partial charge on any atom is 0.120 e. The van der Waals surface area contributed by atoms with Crippen LogP contribution in [-0.4, -0.2) is 24.0 Å². The first kappa shape index (κ1) is 12.3. The molecule has 0 radical (unpaired) electrons. The summed E-state index contributed by atoms with van der Waals surface area (Å²) in [5.74, 6) is 0.339. The van der Waals surface area contributed by atoms with Crippen molar-refractivity contribution in [3.8, 4) is 5.75 Å². The number of phenolic OH excluding ortho intramolecular Hbond substituents is 1. The van der Waals surface area contributed by atoms with E-state index in [9.17, 15) is 5.11 Å². The first-order valence-electron chi connectivity index (χ1n) is 4.85. The highest BCUT2D eigenvalue weighted by atomic mass is 35.5. The Labute approximate surface area is 95.9 Å². The summed E-state index contributed by atoms with van der Waals surface area (Å²) in [7, 11) is 0. The van der Waals surface area contributed by atoms with E-state index in [0.717, 1.165) is 18.7 Å². The molecule has 1 fully saturated rings. The molecule has 0 aromatic heterocycles. The van der Waals surface area contributed by atoms with Gasteiger partial charge in [0.15, 0.2) is 0 Å². The van der Waals surface area contributed by atoms with E-state index in [1.54, 1.807) is 6.07 Å². The highest BCUT2D eigenvalue weighted by Crippen LogP contribution is 2.24. The number of halogens is 1. The zero-order valence-electron chi connectivity index (χ0n) is 8.69. The fourth-order valence-corrected chi connectivity index (χ4v) is 1.78. The van der Waals surface area contributed by atoms with Crippen LogP contribution in [0.1, 0.15) is 12.5 Å². The van der Waals surface area contributed by atoms with Gasteiger partial charge < -0.3 is 9.84 Å². The Morgan fingerprint density at radius 3 is 2.80 bits per heavy atom. The lowest BCUT2D eigenvalue weighted by molar-refractivity contribution is 0.00661. The second-order valence-electron chi connectivity index (χ2n) is 3.81. The summed E-state index contributed by atoms with van der Waals surface area (Å²) >= 11 is 0. The average molecular weight is 230 g/mol. The van der Waals surface area contributed by atoms with Gasteiger partial charge in [-0.1, -0.05) is 18.2 Å². The number of ether oxygens (including phenoxy) is 1. The van der Waals surface area contributed by atoms with Crippen LogP contribution in [0.2, 0.25) is 0 Å². The third-order valence-corrected chi connectivity index (χ3v) is 2.54. The molecule has 0 amide bonds. The Bertz CT molecular complexity index is 324. The maximum atomic E-state index is 9.60. The van der Waals surface area contributed by atoms with Gasteiger partial charge in [-0.25, -0.2) is 0 Å². The van der Waals surface area contributed by atoms with Gasteiger partial charge in [-0.3, -0.25) is 5.32 Å². The first-order chi connectivity index (χ1) is 6.70. The normalized spacial score (nSPS) is 24.9. The quantitative estimate of drug-likeness (QED) is 0.811. The molecule has 15 heavy (non-hydrogen) atoms. The number of nitrogens with one attached hydrogen (secondary N) is 1. The standard InChI is InChI=1S/C11H15NO2.ClH/c1-11(12-6-7-14-11)8-9-4-2-3-5-10(9)13;/h2-5,12-13H,6-8H2,1H3;1H. The zero-order valence-corrected chi connectivity index (χ0v) is 9.51. The molecule has 1 aliphatic rings. The zero-order chi connectivity index (χ0) is 10.0. The predicted molar refractivity (Wildman–Crippen MR) is 61.4 cm³/mol. The molecule has 0 aliphatic carbocycles. The lowest BCUT2D eigenvalue weighted by Crippen LogP contribution is -2.39. The minimum atomic E-state index is -0.321. The van der Waals surface area contributed by atoms with E-state index in [-0.39, 0.29) is 18.1 Å². The van der Waals surface area contributed by atoms with Crippen LogP contribution in [0.4, 0.5) is 0 Å². The lowest BCUT2D eigenvalue weighted by atomic mass is 10.0. The molecule has 1 aliphatic heterocycles. The number of hydrogen-bond acceptors (Lipinski definition) is 3. The highest BCUT2D eigenvalue weighted by molar-refractivity contribution is 5.85. The number of phenols is 1. The van der Waals surface area contributed by atoms with Crippen molar-refractivity contribution in [2.75, 3.05) is 13.2 Å². The Kier molecular flexibility index (Phi) is 3.97. The molecule has 2 rings (SSSR count). The van der Waals surface area contributed by atoms with Crippen LogP contribution >= 0.6 is 12.4 Å². The van der Waals surface area contributed by atoms with Crippen molar-refractivity contribution in [3.63, 3.8) is 0 Å². The molecule has 0 bridgehead atoms. The van der Waals surface area contributed by atoms with Crippen LogP contribution in [0.25, 0.3) is 0 Å². The first-order valence-corrected chi connectivity index (χ1v) is 4.85. The maximum absolute atomic E-state index is 9.60. The smallest absolute Gasteiger partial charge is 0.120 e. The second-order valence-corrected chi connectivity index (χ2v) is 3.81. The van der Waals surface area contributed by atoms with Crippen LogP contribution in [0.15, 0.2) is 24.3 Å². The summed E-state index contributed by atoms with van der Waals surface area (Å²) in [5.41, 5.74) is 0.600. The molecule has 3 nitrogen and oxygen atoms in total. The molecule has 0 saturated carbocycles. The Morgan fingerprint density at radius 1 is 1.47 bits per heavy atom. The van der Waals surface area contributed by atoms with Crippen molar-refractivity contribution in [2.24, 2.45) is 0 Å². The van der Waals surface area contributed by atoms with Gasteiger partial charge in [0.2, 0.25) is 0 Å². The van der Waals surface area contributed by atoms with E-state index < -0.39 is 0 Å². The monoisotopic (exact) mass is 229 g/mol. The lowest BCUT2D eigenvalue weighted by Gasteiger charge is -2.23. The van der Waals surface area contributed by atoms with E-state index in [4.69, 9.17) is 4.74 Å². The third kappa shape index (κ3) is 2.84. The van der Waals surface area contributed by atoms with E-state index in [2.05, 4.69) is 5.32 Å². The van der Waals surface area contributed by atoms with Gasteiger partial charge in [0.25, 0.3) is 0 Å². The number of hydrogen-bond donors (Lipinski definition) is 2. The number of para-hydroxylation sites is 1. The van der Waals surface area contributed by atoms with Gasteiger partial charge in [-0.15, -0.1) is 12.4 Å². The number of rotatable bonds is 2. The summed E-state index contributed by atoms with van der Waals surface area (Å²) in [4.78, 5) is 0. The van der Waals surface area contributed by atoms with Crippen molar-refractivity contribution < 1.29 is 9.84 Å². The summed E-state index contributed by atoms with van der Waals surface area (Å²) in [6, 6.07) is 7.37. The predicted octanol–water partition coefficient (Wildman–Crippen LogP) is 1.69. The molecule has 1 saturated heterocycles. The molecule has 0 spiro atoms. The highest BCUT2D eigenvalue weighted by Gasteiger charge is 2.29. The van der Waals surface area contributed by atoms with Crippen LogP contribution in [0.5, 0.6) is 5.75 Å². The van der Waals surface area contributed by atoms with Gasteiger partial charge >= 0.3 is 0 Å². The topological polar surface area (TPSA) is 41.5 Å². The molecule has 1 unspecified atom stereocenters. The Balaban J connectivity index is 0.00000112. The van der Waals surface area contributed by atoms with Crippen molar-refractivity contribution >= 4 is 12.4 Å². The van der Waals surface area contributed by atoms with Crippen molar-refractivity contribution in [2.45, 2.75) is 19.1 Å². The SMILES string of the molecule is CC1(Cc2ccccc2O)NCCO1.Cl. The third-order valence-electron chi connectivity index (χ3n) is 2.54. The van der Waals surface area contributed by atoms with E-state index in [1.165, 1.54) is 0 Å². The fraction of sp³-hybridized carbons (Fsp3) is 0.455. The Morgan fingerprint density at radius 2 is 2.20 bits per heavy atom.